The highest BCUT2D eigenvalue weighted by Crippen LogP contribution is 2.13. The van der Waals surface area contributed by atoms with Crippen LogP contribution in [-0.2, 0) is 11.2 Å². The molecule has 0 aliphatic carbocycles. The first-order valence-corrected chi connectivity index (χ1v) is 5.78. The summed E-state index contributed by atoms with van der Waals surface area (Å²) >= 11 is 0. The van der Waals surface area contributed by atoms with Gasteiger partial charge >= 0.3 is 0 Å². The normalized spacial score (nSPS) is 11.9. The number of nitrogens with two attached hydrogens (primary N) is 1. The molecule has 4 heteroatoms. The molecule has 1 unspecified atom stereocenters. The monoisotopic (exact) mass is 236 g/mol. The Morgan fingerprint density at radius 2 is 2.29 bits per heavy atom. The van der Waals surface area contributed by atoms with Gasteiger partial charge in [-0.2, -0.15) is 0 Å². The lowest BCUT2D eigenvalue weighted by atomic mass is 10.1. The maximum atomic E-state index is 11.5. The van der Waals surface area contributed by atoms with Crippen molar-refractivity contribution in [2.24, 2.45) is 5.73 Å². The van der Waals surface area contributed by atoms with Gasteiger partial charge in [0.05, 0.1) is 7.11 Å². The van der Waals surface area contributed by atoms with E-state index < -0.39 is 0 Å². The average Bonchev–Trinajstić information content (AvgIpc) is 2.36. The summed E-state index contributed by atoms with van der Waals surface area (Å²) in [5.41, 5.74) is 6.53. The molecule has 0 radical (unpaired) electrons. The lowest BCUT2D eigenvalue weighted by Gasteiger charge is -2.11. The summed E-state index contributed by atoms with van der Waals surface area (Å²) < 4.78 is 5.13. The number of amides is 1. The Labute approximate surface area is 102 Å². The van der Waals surface area contributed by atoms with Crippen LogP contribution in [0.2, 0.25) is 0 Å². The molecule has 0 fully saturated rings. The molecule has 0 heterocycles. The molecule has 0 saturated carbocycles. The van der Waals surface area contributed by atoms with E-state index in [1.807, 2.05) is 31.2 Å². The molecule has 94 valence electrons. The van der Waals surface area contributed by atoms with Crippen LogP contribution < -0.4 is 15.8 Å². The minimum Gasteiger partial charge on any atom is -0.497 e. The van der Waals surface area contributed by atoms with Gasteiger partial charge in [0.1, 0.15) is 5.75 Å². The summed E-state index contributed by atoms with van der Waals surface area (Å²) in [6, 6.07) is 7.78. The zero-order chi connectivity index (χ0) is 12.7. The third kappa shape index (κ3) is 4.87. The summed E-state index contributed by atoms with van der Waals surface area (Å²) in [6.07, 6.45) is 1.18. The molecule has 0 spiro atoms. The van der Waals surface area contributed by atoms with Crippen LogP contribution in [0.1, 0.15) is 18.9 Å². The van der Waals surface area contributed by atoms with Crippen molar-refractivity contribution in [3.8, 4) is 5.75 Å². The number of nitrogens with one attached hydrogen (secondary N) is 1. The van der Waals surface area contributed by atoms with Crippen LogP contribution in [0, 0.1) is 0 Å². The maximum absolute atomic E-state index is 11.5. The number of carbonyl (C=O) groups excluding carboxylic acids is 1. The molecule has 1 rings (SSSR count). The minimum atomic E-state index is 0.0331. The Bertz CT molecular complexity index is 366. The zero-order valence-corrected chi connectivity index (χ0v) is 10.4. The van der Waals surface area contributed by atoms with E-state index in [4.69, 9.17) is 10.5 Å². The molecule has 17 heavy (non-hydrogen) atoms. The summed E-state index contributed by atoms with van der Waals surface area (Å²) in [6.45, 7) is 2.36. The second-order valence-electron chi connectivity index (χ2n) is 4.06. The number of hydrogen-bond donors (Lipinski definition) is 2. The van der Waals surface area contributed by atoms with Crippen molar-refractivity contribution in [1.82, 2.24) is 5.32 Å². The van der Waals surface area contributed by atoms with E-state index in [1.165, 1.54) is 0 Å². The van der Waals surface area contributed by atoms with Gasteiger partial charge in [-0.3, -0.25) is 4.79 Å². The molecule has 0 aliphatic heterocycles. The first-order chi connectivity index (χ1) is 8.15. The van der Waals surface area contributed by atoms with Crippen molar-refractivity contribution in [1.29, 1.82) is 0 Å². The van der Waals surface area contributed by atoms with E-state index in [1.54, 1.807) is 7.11 Å². The lowest BCUT2D eigenvalue weighted by molar-refractivity contribution is -0.121. The largest absolute Gasteiger partial charge is 0.497 e. The Hall–Kier alpha value is -1.55. The zero-order valence-electron chi connectivity index (χ0n) is 10.4. The van der Waals surface area contributed by atoms with Crippen molar-refractivity contribution in [2.45, 2.75) is 25.8 Å². The second-order valence-corrected chi connectivity index (χ2v) is 4.06. The Morgan fingerprint density at radius 3 is 2.94 bits per heavy atom. The minimum absolute atomic E-state index is 0.0331. The first-order valence-electron chi connectivity index (χ1n) is 5.78. The van der Waals surface area contributed by atoms with Crippen molar-refractivity contribution in [3.63, 3.8) is 0 Å². The number of hydrogen-bond acceptors (Lipinski definition) is 3. The van der Waals surface area contributed by atoms with Gasteiger partial charge in [-0.25, -0.2) is 0 Å². The quantitative estimate of drug-likeness (QED) is 0.777. The molecule has 1 amide bonds. The van der Waals surface area contributed by atoms with Gasteiger partial charge in [-0.15, -0.1) is 0 Å². The van der Waals surface area contributed by atoms with Gasteiger partial charge in [0.15, 0.2) is 0 Å². The number of methoxy groups -OCH3 is 1. The van der Waals surface area contributed by atoms with Crippen molar-refractivity contribution >= 4 is 5.91 Å². The third-order valence-electron chi connectivity index (χ3n) is 2.54. The van der Waals surface area contributed by atoms with Crippen LogP contribution in [0.3, 0.4) is 0 Å². The molecule has 3 N–H and O–H groups in total. The van der Waals surface area contributed by atoms with E-state index in [0.717, 1.165) is 11.3 Å². The third-order valence-corrected chi connectivity index (χ3v) is 2.54. The first kappa shape index (κ1) is 13.5. The standard InChI is InChI=1S/C13H20N2O2/c1-10(9-14)15-13(16)7-6-11-4-3-5-12(8-11)17-2/h3-5,8,10H,6-7,9,14H2,1-2H3,(H,15,16). The average molecular weight is 236 g/mol. The van der Waals surface area contributed by atoms with Crippen molar-refractivity contribution < 1.29 is 9.53 Å². The van der Waals surface area contributed by atoms with E-state index in [-0.39, 0.29) is 11.9 Å². The SMILES string of the molecule is COc1cccc(CCC(=O)NC(C)CN)c1. The van der Waals surface area contributed by atoms with Crippen LogP contribution in [0.25, 0.3) is 0 Å². The fourth-order valence-electron chi connectivity index (χ4n) is 1.49. The Balaban J connectivity index is 2.41. The van der Waals surface area contributed by atoms with Crippen molar-refractivity contribution in [3.05, 3.63) is 29.8 Å². The lowest BCUT2D eigenvalue weighted by Crippen LogP contribution is -2.37. The predicted molar refractivity (Wildman–Crippen MR) is 68.0 cm³/mol. The highest BCUT2D eigenvalue weighted by molar-refractivity contribution is 5.76. The smallest absolute Gasteiger partial charge is 0.220 e. The maximum Gasteiger partial charge on any atom is 0.220 e. The number of ether oxygens (including phenoxy) is 1. The van der Waals surface area contributed by atoms with Crippen molar-refractivity contribution in [2.75, 3.05) is 13.7 Å². The summed E-state index contributed by atoms with van der Waals surface area (Å²) in [7, 11) is 1.63. The number of rotatable bonds is 6. The van der Waals surface area contributed by atoms with Crippen LogP contribution >= 0.6 is 0 Å². The summed E-state index contributed by atoms with van der Waals surface area (Å²) in [4.78, 5) is 11.5. The van der Waals surface area contributed by atoms with Crippen LogP contribution in [0.5, 0.6) is 5.75 Å². The number of benzene rings is 1. The van der Waals surface area contributed by atoms with Gasteiger partial charge in [0.2, 0.25) is 5.91 Å². The predicted octanol–water partition coefficient (Wildman–Crippen LogP) is 1.09. The molecule has 1 aromatic rings. The molecule has 0 bridgehead atoms. The molecule has 1 aromatic carbocycles. The van der Waals surface area contributed by atoms with Gasteiger partial charge in [-0.1, -0.05) is 12.1 Å². The van der Waals surface area contributed by atoms with E-state index >= 15 is 0 Å². The van der Waals surface area contributed by atoms with Crippen LogP contribution in [-0.4, -0.2) is 25.6 Å². The van der Waals surface area contributed by atoms with E-state index in [0.29, 0.717) is 19.4 Å². The molecule has 1 atom stereocenters. The molecular formula is C13H20N2O2. The molecule has 4 nitrogen and oxygen atoms in total. The number of aryl methyl sites for hydroxylation is 1. The molecule has 0 aliphatic rings. The fourth-order valence-corrected chi connectivity index (χ4v) is 1.49. The Morgan fingerprint density at radius 1 is 1.53 bits per heavy atom. The Kier molecular flexibility index (Phi) is 5.49. The van der Waals surface area contributed by atoms with E-state index in [9.17, 15) is 4.79 Å². The highest BCUT2D eigenvalue weighted by Gasteiger charge is 2.06. The molecule has 0 saturated heterocycles. The highest BCUT2D eigenvalue weighted by atomic mass is 16.5. The van der Waals surface area contributed by atoms with Gasteiger partial charge in [0.25, 0.3) is 0 Å². The number of carbonyl (C=O) groups is 1. The topological polar surface area (TPSA) is 64.3 Å². The van der Waals surface area contributed by atoms with Gasteiger partial charge in [0, 0.05) is 19.0 Å². The molecular weight excluding hydrogens is 216 g/mol. The van der Waals surface area contributed by atoms with Crippen LogP contribution in [0.4, 0.5) is 0 Å². The van der Waals surface area contributed by atoms with Gasteiger partial charge in [-0.05, 0) is 31.0 Å². The second kappa shape index (κ2) is 6.91. The summed E-state index contributed by atoms with van der Waals surface area (Å²) in [5.74, 6) is 0.851. The molecule has 0 aromatic heterocycles. The van der Waals surface area contributed by atoms with E-state index in [2.05, 4.69) is 5.32 Å². The van der Waals surface area contributed by atoms with Gasteiger partial charge < -0.3 is 15.8 Å². The fraction of sp³-hybridized carbons (Fsp3) is 0.462. The van der Waals surface area contributed by atoms with Crippen LogP contribution in [0.15, 0.2) is 24.3 Å². The summed E-state index contributed by atoms with van der Waals surface area (Å²) in [5, 5.41) is 2.83.